The summed E-state index contributed by atoms with van der Waals surface area (Å²) in [5.41, 5.74) is 0.0885. The summed E-state index contributed by atoms with van der Waals surface area (Å²) in [5.74, 6) is 1.85. The van der Waals surface area contributed by atoms with E-state index < -0.39 is 5.60 Å². The van der Waals surface area contributed by atoms with Crippen molar-refractivity contribution in [2.75, 3.05) is 38.0 Å². The fraction of sp³-hybridized carbons (Fsp3) is 0.600. The third-order valence-electron chi connectivity index (χ3n) is 5.17. The predicted octanol–water partition coefficient (Wildman–Crippen LogP) is 2.96. The fourth-order valence-electron chi connectivity index (χ4n) is 3.81. The normalized spacial score (nSPS) is 21.0. The summed E-state index contributed by atoms with van der Waals surface area (Å²) in [6, 6.07) is -0.121. The Morgan fingerprint density at radius 3 is 2.73 bits per heavy atom. The first-order chi connectivity index (χ1) is 14.2. The Labute approximate surface area is 180 Å². The molecule has 1 saturated heterocycles. The molecule has 1 fully saturated rings. The van der Waals surface area contributed by atoms with E-state index >= 15 is 0 Å². The second-order valence-electron chi connectivity index (χ2n) is 8.49. The molecule has 2 aromatic heterocycles. The molecule has 4 heterocycles. The van der Waals surface area contributed by atoms with Gasteiger partial charge in [0.25, 0.3) is 0 Å². The maximum atomic E-state index is 12.8. The Kier molecular flexibility index (Phi) is 5.29. The summed E-state index contributed by atoms with van der Waals surface area (Å²) in [4.78, 5) is 30.5. The summed E-state index contributed by atoms with van der Waals surface area (Å²) in [6.07, 6.45) is 3.28. The lowest BCUT2D eigenvalue weighted by molar-refractivity contribution is 0.0109. The van der Waals surface area contributed by atoms with Crippen LogP contribution in [0.1, 0.15) is 27.7 Å². The molecule has 10 heteroatoms. The van der Waals surface area contributed by atoms with Crippen molar-refractivity contribution in [3.8, 4) is 11.6 Å². The monoisotopic (exact) mass is 433 g/mol. The van der Waals surface area contributed by atoms with Gasteiger partial charge >= 0.3 is 6.09 Å². The number of ether oxygens (including phenoxy) is 3. The zero-order chi connectivity index (χ0) is 21.6. The third kappa shape index (κ3) is 3.68. The number of amides is 1. The lowest BCUT2D eigenvalue weighted by Crippen LogP contribution is -2.61. The minimum absolute atomic E-state index is 0.0517. The van der Waals surface area contributed by atoms with Crippen LogP contribution < -0.4 is 14.4 Å². The molecule has 9 nitrogen and oxygen atoms in total. The topological polar surface area (TPSA) is 89.9 Å². The molecule has 0 spiro atoms. The number of pyridine rings is 1. The number of thioether (sulfide) groups is 1. The van der Waals surface area contributed by atoms with Gasteiger partial charge in [0.2, 0.25) is 5.88 Å². The van der Waals surface area contributed by atoms with Gasteiger partial charge in [0, 0.05) is 19.1 Å². The number of rotatable bonds is 2. The Hall–Kier alpha value is -2.49. The Morgan fingerprint density at radius 1 is 1.30 bits per heavy atom. The highest BCUT2D eigenvalue weighted by molar-refractivity contribution is 7.98. The van der Waals surface area contributed by atoms with E-state index in [-0.39, 0.29) is 18.2 Å². The highest BCUT2D eigenvalue weighted by Crippen LogP contribution is 2.41. The van der Waals surface area contributed by atoms with Crippen LogP contribution in [-0.4, -0.2) is 76.7 Å². The van der Waals surface area contributed by atoms with E-state index in [0.29, 0.717) is 42.0 Å². The van der Waals surface area contributed by atoms with Crippen LogP contribution in [0.5, 0.6) is 11.6 Å². The molecule has 0 saturated carbocycles. The predicted molar refractivity (Wildman–Crippen MR) is 115 cm³/mol. The highest BCUT2D eigenvalue weighted by atomic mass is 32.2. The van der Waals surface area contributed by atoms with Crippen molar-refractivity contribution >= 4 is 34.6 Å². The number of hydrogen-bond donors (Lipinski definition) is 0. The molecule has 0 bridgehead atoms. The van der Waals surface area contributed by atoms with E-state index in [1.807, 2.05) is 34.0 Å². The van der Waals surface area contributed by atoms with Crippen molar-refractivity contribution in [1.82, 2.24) is 19.9 Å². The lowest BCUT2D eigenvalue weighted by Gasteiger charge is -2.44. The van der Waals surface area contributed by atoms with Gasteiger partial charge in [-0.15, -0.1) is 0 Å². The maximum absolute atomic E-state index is 12.8. The zero-order valence-corrected chi connectivity index (χ0v) is 18.9. The number of fused-ring (bicyclic) bond motifs is 2. The first-order valence-electron chi connectivity index (χ1n) is 9.89. The van der Waals surface area contributed by atoms with Crippen LogP contribution in [0.2, 0.25) is 0 Å². The van der Waals surface area contributed by atoms with Crippen LogP contribution in [0, 0.1) is 0 Å². The van der Waals surface area contributed by atoms with Crippen molar-refractivity contribution in [3.05, 3.63) is 6.20 Å². The van der Waals surface area contributed by atoms with Gasteiger partial charge < -0.3 is 24.0 Å². The number of carbonyl (C=O) groups is 1. The number of anilines is 1. The van der Waals surface area contributed by atoms with E-state index in [2.05, 4.69) is 14.9 Å². The van der Waals surface area contributed by atoms with Crippen molar-refractivity contribution < 1.29 is 19.0 Å². The summed E-state index contributed by atoms with van der Waals surface area (Å²) >= 11 is 1.46. The minimum Gasteiger partial charge on any atom is -0.489 e. The van der Waals surface area contributed by atoms with Crippen molar-refractivity contribution in [1.29, 1.82) is 0 Å². The van der Waals surface area contributed by atoms with Crippen molar-refractivity contribution in [3.63, 3.8) is 0 Å². The summed E-state index contributed by atoms with van der Waals surface area (Å²) in [5, 5.41) is 1.43. The van der Waals surface area contributed by atoms with Crippen molar-refractivity contribution in [2.45, 2.75) is 50.5 Å². The van der Waals surface area contributed by atoms with Crippen LogP contribution >= 0.6 is 11.8 Å². The Bertz CT molecular complexity index is 980. The van der Waals surface area contributed by atoms with Gasteiger partial charge in [0.05, 0.1) is 24.7 Å². The molecule has 0 aromatic carbocycles. The highest BCUT2D eigenvalue weighted by Gasteiger charge is 2.40. The van der Waals surface area contributed by atoms with Crippen LogP contribution in [0.3, 0.4) is 0 Å². The largest absolute Gasteiger partial charge is 0.489 e. The zero-order valence-electron chi connectivity index (χ0n) is 18.1. The lowest BCUT2D eigenvalue weighted by atomic mass is 10.1. The molecule has 0 radical (unpaired) electrons. The second-order valence-corrected chi connectivity index (χ2v) is 9.26. The van der Waals surface area contributed by atoms with Gasteiger partial charge in [0.1, 0.15) is 23.5 Å². The summed E-state index contributed by atoms with van der Waals surface area (Å²) < 4.78 is 17.2. The maximum Gasteiger partial charge on any atom is 0.410 e. The molecule has 2 aliphatic rings. The number of nitrogens with zero attached hydrogens (tertiary/aromatic N) is 5. The average Bonchev–Trinajstić information content (AvgIpc) is 2.84. The first kappa shape index (κ1) is 20.8. The van der Waals surface area contributed by atoms with Gasteiger partial charge in [-0.1, -0.05) is 11.8 Å². The molecule has 162 valence electrons. The summed E-state index contributed by atoms with van der Waals surface area (Å²) in [7, 11) is 1.58. The van der Waals surface area contributed by atoms with E-state index in [4.69, 9.17) is 19.2 Å². The second kappa shape index (κ2) is 7.64. The number of hydrogen-bond acceptors (Lipinski definition) is 9. The van der Waals surface area contributed by atoms with E-state index in [1.54, 1.807) is 18.2 Å². The van der Waals surface area contributed by atoms with Crippen LogP contribution in [-0.2, 0) is 4.74 Å². The van der Waals surface area contributed by atoms with Crippen molar-refractivity contribution in [2.24, 2.45) is 0 Å². The van der Waals surface area contributed by atoms with Gasteiger partial charge in [-0.25, -0.2) is 19.7 Å². The molecular formula is C20H27N5O4S. The molecule has 0 aliphatic carbocycles. The summed E-state index contributed by atoms with van der Waals surface area (Å²) in [6.45, 7) is 9.14. The van der Waals surface area contributed by atoms with Gasteiger partial charge in [0.15, 0.2) is 10.9 Å². The SMILES string of the molecule is COc1ncc2c3c(nc(SC)nc13)N1C[C@@H](C)N(C(=O)OC(C)(C)C)C[C@H]1CO2. The van der Waals surface area contributed by atoms with E-state index in [9.17, 15) is 4.79 Å². The molecule has 30 heavy (non-hydrogen) atoms. The smallest absolute Gasteiger partial charge is 0.410 e. The number of methoxy groups -OCH3 is 1. The fourth-order valence-corrected chi connectivity index (χ4v) is 4.17. The van der Waals surface area contributed by atoms with Crippen LogP contribution in [0.25, 0.3) is 10.9 Å². The molecule has 2 aromatic rings. The van der Waals surface area contributed by atoms with Gasteiger partial charge in [-0.2, -0.15) is 0 Å². The Balaban J connectivity index is 1.75. The number of aromatic nitrogens is 3. The first-order valence-corrected chi connectivity index (χ1v) is 11.1. The Morgan fingerprint density at radius 2 is 2.07 bits per heavy atom. The van der Waals surface area contributed by atoms with E-state index in [1.165, 1.54) is 11.8 Å². The average molecular weight is 434 g/mol. The molecule has 2 aliphatic heterocycles. The van der Waals surface area contributed by atoms with Crippen LogP contribution in [0.4, 0.5) is 10.6 Å². The molecular weight excluding hydrogens is 406 g/mol. The third-order valence-corrected chi connectivity index (χ3v) is 5.71. The van der Waals surface area contributed by atoms with Crippen LogP contribution in [0.15, 0.2) is 11.4 Å². The number of carbonyl (C=O) groups excluding carboxylic acids is 1. The quantitative estimate of drug-likeness (QED) is 0.524. The molecule has 0 unspecified atom stereocenters. The van der Waals surface area contributed by atoms with Gasteiger partial charge in [-0.05, 0) is 34.0 Å². The minimum atomic E-state index is -0.543. The molecule has 0 N–H and O–H groups in total. The van der Waals surface area contributed by atoms with Gasteiger partial charge in [-0.3, -0.25) is 0 Å². The standard InChI is InChI=1S/C20H27N5O4S/c1-11-8-25-12(9-24(11)19(26)29-20(2,3)4)10-28-13-7-21-17(27-5)15-14(13)16(25)23-18(22-15)30-6/h7,11-12H,8-10H2,1-6H3/t11-,12+/m1/s1. The molecule has 1 amide bonds. The number of piperazine rings is 1. The molecule has 2 atom stereocenters. The van der Waals surface area contributed by atoms with E-state index in [0.717, 1.165) is 11.2 Å². The molecule has 4 rings (SSSR count).